The standard InChI is InChI=1S/C19H21N5O3S/c1-14(15-4-8-17(9-5-15)24-13-21-12-22-24)23(3)28(26,27)18-10-6-16(7-11-18)19(25)20-2/h4-14H,1-3H3,(H,20,25)/t14-/m1/s1. The van der Waals surface area contributed by atoms with Crippen LogP contribution in [0.5, 0.6) is 0 Å². The molecule has 0 fully saturated rings. The van der Waals surface area contributed by atoms with Crippen molar-refractivity contribution in [2.24, 2.45) is 0 Å². The Morgan fingerprint density at radius 2 is 1.75 bits per heavy atom. The van der Waals surface area contributed by atoms with Crippen molar-refractivity contribution >= 4 is 15.9 Å². The van der Waals surface area contributed by atoms with Crippen molar-refractivity contribution in [1.82, 2.24) is 24.4 Å². The van der Waals surface area contributed by atoms with Crippen LogP contribution in [0.2, 0.25) is 0 Å². The highest BCUT2D eigenvalue weighted by Crippen LogP contribution is 2.26. The molecule has 1 N–H and O–H groups in total. The van der Waals surface area contributed by atoms with Crippen LogP contribution in [0.3, 0.4) is 0 Å². The van der Waals surface area contributed by atoms with Gasteiger partial charge in [0, 0.05) is 25.7 Å². The van der Waals surface area contributed by atoms with Gasteiger partial charge in [0.05, 0.1) is 10.6 Å². The fraction of sp³-hybridized carbons (Fsp3) is 0.211. The summed E-state index contributed by atoms with van der Waals surface area (Å²) in [6, 6.07) is 12.9. The minimum atomic E-state index is -3.71. The van der Waals surface area contributed by atoms with Crippen molar-refractivity contribution in [2.45, 2.75) is 17.9 Å². The quantitative estimate of drug-likeness (QED) is 0.684. The van der Waals surface area contributed by atoms with E-state index in [-0.39, 0.29) is 16.8 Å². The fourth-order valence-corrected chi connectivity index (χ4v) is 4.10. The zero-order valence-electron chi connectivity index (χ0n) is 15.8. The van der Waals surface area contributed by atoms with E-state index in [1.165, 1.54) is 49.0 Å². The highest BCUT2D eigenvalue weighted by molar-refractivity contribution is 7.89. The van der Waals surface area contributed by atoms with E-state index >= 15 is 0 Å². The van der Waals surface area contributed by atoms with Crippen LogP contribution in [-0.4, -0.2) is 47.5 Å². The number of carbonyl (C=O) groups is 1. The number of aromatic nitrogens is 3. The Morgan fingerprint density at radius 3 is 2.29 bits per heavy atom. The maximum absolute atomic E-state index is 13.0. The molecule has 8 nitrogen and oxygen atoms in total. The second-order valence-electron chi connectivity index (χ2n) is 6.23. The zero-order valence-corrected chi connectivity index (χ0v) is 16.6. The van der Waals surface area contributed by atoms with E-state index in [0.29, 0.717) is 5.56 Å². The number of hydrogen-bond acceptors (Lipinski definition) is 5. The molecule has 0 bridgehead atoms. The smallest absolute Gasteiger partial charge is 0.251 e. The SMILES string of the molecule is CNC(=O)c1ccc(S(=O)(=O)N(C)[C@H](C)c2ccc(-n3cncn3)cc2)cc1. The van der Waals surface area contributed by atoms with E-state index in [9.17, 15) is 13.2 Å². The monoisotopic (exact) mass is 399 g/mol. The van der Waals surface area contributed by atoms with E-state index in [4.69, 9.17) is 0 Å². The zero-order chi connectivity index (χ0) is 20.3. The predicted molar refractivity (Wildman–Crippen MR) is 105 cm³/mol. The number of amides is 1. The van der Waals surface area contributed by atoms with E-state index in [1.807, 2.05) is 31.2 Å². The number of nitrogens with one attached hydrogen (secondary N) is 1. The Labute approximate surface area is 163 Å². The number of rotatable bonds is 6. The largest absolute Gasteiger partial charge is 0.355 e. The first kappa shape index (κ1) is 19.7. The Bertz CT molecular complexity index is 1050. The number of sulfonamides is 1. The van der Waals surface area contributed by atoms with E-state index in [1.54, 1.807) is 11.0 Å². The van der Waals surface area contributed by atoms with E-state index < -0.39 is 10.0 Å². The molecule has 1 atom stereocenters. The number of carbonyl (C=O) groups excluding carboxylic acids is 1. The lowest BCUT2D eigenvalue weighted by molar-refractivity contribution is 0.0963. The van der Waals surface area contributed by atoms with E-state index in [0.717, 1.165) is 11.3 Å². The van der Waals surface area contributed by atoms with Crippen molar-refractivity contribution in [2.75, 3.05) is 14.1 Å². The summed E-state index contributed by atoms with van der Waals surface area (Å²) in [6.45, 7) is 1.82. The Balaban J connectivity index is 1.81. The van der Waals surface area contributed by atoms with Crippen molar-refractivity contribution in [1.29, 1.82) is 0 Å². The third-order valence-electron chi connectivity index (χ3n) is 4.62. The number of hydrogen-bond donors (Lipinski definition) is 1. The lowest BCUT2D eigenvalue weighted by atomic mass is 10.1. The molecule has 1 aromatic heterocycles. The van der Waals surface area contributed by atoms with Gasteiger partial charge < -0.3 is 5.32 Å². The second-order valence-corrected chi connectivity index (χ2v) is 8.23. The summed E-state index contributed by atoms with van der Waals surface area (Å²) >= 11 is 0. The van der Waals surface area contributed by atoms with Crippen LogP contribution in [-0.2, 0) is 10.0 Å². The lowest BCUT2D eigenvalue weighted by Crippen LogP contribution is -2.30. The molecular formula is C19H21N5O3S. The molecule has 0 saturated heterocycles. The molecule has 0 aliphatic heterocycles. The van der Waals surface area contributed by atoms with Crippen LogP contribution < -0.4 is 5.32 Å². The third kappa shape index (κ3) is 3.80. The van der Waals surface area contributed by atoms with Gasteiger partial charge in [-0.15, -0.1) is 0 Å². The molecule has 0 spiro atoms. The summed E-state index contributed by atoms with van der Waals surface area (Å²) in [5.41, 5.74) is 2.08. The first-order valence-corrected chi connectivity index (χ1v) is 10.0. The summed E-state index contributed by atoms with van der Waals surface area (Å²) < 4.78 is 28.8. The van der Waals surface area contributed by atoms with Gasteiger partial charge in [0.25, 0.3) is 5.91 Å². The lowest BCUT2D eigenvalue weighted by Gasteiger charge is -2.25. The van der Waals surface area contributed by atoms with Crippen LogP contribution >= 0.6 is 0 Å². The van der Waals surface area contributed by atoms with Gasteiger partial charge in [-0.25, -0.2) is 18.1 Å². The fourth-order valence-electron chi connectivity index (χ4n) is 2.75. The maximum Gasteiger partial charge on any atom is 0.251 e. The Hall–Kier alpha value is -3.04. The van der Waals surface area contributed by atoms with E-state index in [2.05, 4.69) is 15.4 Å². The summed E-state index contributed by atoms with van der Waals surface area (Å²) in [7, 11) is -0.651. The molecule has 3 rings (SSSR count). The first-order chi connectivity index (χ1) is 13.3. The minimum absolute atomic E-state index is 0.133. The first-order valence-electron chi connectivity index (χ1n) is 8.59. The molecular weight excluding hydrogens is 378 g/mol. The van der Waals surface area contributed by atoms with Gasteiger partial charge >= 0.3 is 0 Å². The molecule has 28 heavy (non-hydrogen) atoms. The summed E-state index contributed by atoms with van der Waals surface area (Å²) in [5, 5.41) is 6.58. The molecule has 0 aliphatic carbocycles. The molecule has 0 radical (unpaired) electrons. The predicted octanol–water partition coefficient (Wildman–Crippen LogP) is 2.01. The summed E-state index contributed by atoms with van der Waals surface area (Å²) in [6.07, 6.45) is 3.05. The molecule has 2 aromatic carbocycles. The van der Waals surface area contributed by atoms with Gasteiger partial charge in [0.15, 0.2) is 0 Å². The molecule has 146 valence electrons. The molecule has 0 aliphatic rings. The molecule has 0 saturated carbocycles. The Kier molecular flexibility index (Phi) is 5.57. The van der Waals surface area contributed by atoms with Crippen LogP contribution in [0, 0.1) is 0 Å². The molecule has 3 aromatic rings. The Morgan fingerprint density at radius 1 is 1.11 bits per heavy atom. The van der Waals surface area contributed by atoms with Gasteiger partial charge in [-0.1, -0.05) is 12.1 Å². The number of benzene rings is 2. The van der Waals surface area contributed by atoms with Gasteiger partial charge in [-0.05, 0) is 48.9 Å². The van der Waals surface area contributed by atoms with Gasteiger partial charge in [0.2, 0.25) is 10.0 Å². The second kappa shape index (κ2) is 7.91. The van der Waals surface area contributed by atoms with Gasteiger partial charge in [-0.2, -0.15) is 9.40 Å². The molecule has 0 unspecified atom stereocenters. The molecule has 1 amide bonds. The summed E-state index contributed by atoms with van der Waals surface area (Å²) in [4.78, 5) is 15.7. The van der Waals surface area contributed by atoms with Crippen LogP contribution in [0.1, 0.15) is 28.9 Å². The highest BCUT2D eigenvalue weighted by Gasteiger charge is 2.26. The van der Waals surface area contributed by atoms with Gasteiger partial charge in [-0.3, -0.25) is 4.79 Å². The maximum atomic E-state index is 13.0. The topological polar surface area (TPSA) is 97.2 Å². The third-order valence-corrected chi connectivity index (χ3v) is 6.57. The van der Waals surface area contributed by atoms with Crippen LogP contribution in [0.25, 0.3) is 5.69 Å². The molecule has 1 heterocycles. The normalized spacial score (nSPS) is 12.7. The van der Waals surface area contributed by atoms with Crippen LogP contribution in [0.4, 0.5) is 0 Å². The van der Waals surface area contributed by atoms with Crippen molar-refractivity contribution in [3.05, 3.63) is 72.3 Å². The highest BCUT2D eigenvalue weighted by atomic mass is 32.2. The molecule has 9 heteroatoms. The number of nitrogens with zero attached hydrogens (tertiary/aromatic N) is 4. The minimum Gasteiger partial charge on any atom is -0.355 e. The van der Waals surface area contributed by atoms with Crippen molar-refractivity contribution < 1.29 is 13.2 Å². The average molecular weight is 399 g/mol. The van der Waals surface area contributed by atoms with Crippen molar-refractivity contribution in [3.8, 4) is 5.69 Å². The average Bonchev–Trinajstić information content (AvgIpc) is 3.27. The van der Waals surface area contributed by atoms with Crippen LogP contribution in [0.15, 0.2) is 66.1 Å². The van der Waals surface area contributed by atoms with Gasteiger partial charge in [0.1, 0.15) is 12.7 Å². The van der Waals surface area contributed by atoms with Crippen molar-refractivity contribution in [3.63, 3.8) is 0 Å². The summed E-state index contributed by atoms with van der Waals surface area (Å²) in [5.74, 6) is -0.266.